The van der Waals surface area contributed by atoms with Gasteiger partial charge in [0.05, 0.1) is 0 Å². The average molecular weight is 268 g/mol. The lowest BCUT2D eigenvalue weighted by molar-refractivity contribution is 0.128. The molecule has 0 spiro atoms. The third kappa shape index (κ3) is 4.10. The monoisotopic (exact) mass is 268 g/mol. The number of amides is 2. The minimum Gasteiger partial charge on any atom is -0.385 e. The van der Waals surface area contributed by atoms with E-state index in [2.05, 4.69) is 10.2 Å². The molecule has 2 aliphatic rings. The van der Waals surface area contributed by atoms with E-state index in [0.717, 1.165) is 44.9 Å². The molecule has 1 heterocycles. The molecule has 1 saturated carbocycles. The number of fused-ring (bicyclic) bond motifs is 1. The topological polar surface area (TPSA) is 41.6 Å². The largest absolute Gasteiger partial charge is 0.385 e. The van der Waals surface area contributed by atoms with Crippen molar-refractivity contribution in [3.63, 3.8) is 0 Å². The van der Waals surface area contributed by atoms with E-state index < -0.39 is 0 Å². The van der Waals surface area contributed by atoms with Gasteiger partial charge in [-0.3, -0.25) is 0 Å². The lowest BCUT2D eigenvalue weighted by Crippen LogP contribution is -2.50. The minimum atomic E-state index is 0.170. The van der Waals surface area contributed by atoms with Gasteiger partial charge >= 0.3 is 6.03 Å². The molecule has 4 heteroatoms. The SMILES string of the molecule is COCCCCCNC(=O)N1CCCC2CCCC21. The zero-order chi connectivity index (χ0) is 13.5. The third-order valence-corrected chi connectivity index (χ3v) is 4.56. The highest BCUT2D eigenvalue weighted by Gasteiger charge is 2.37. The quantitative estimate of drug-likeness (QED) is 0.753. The Balaban J connectivity index is 1.65. The summed E-state index contributed by atoms with van der Waals surface area (Å²) in [7, 11) is 1.73. The highest BCUT2D eigenvalue weighted by Crippen LogP contribution is 2.36. The molecule has 0 radical (unpaired) electrons. The number of nitrogens with zero attached hydrogens (tertiary/aromatic N) is 1. The predicted molar refractivity (Wildman–Crippen MR) is 76.2 cm³/mol. The van der Waals surface area contributed by atoms with Crippen molar-refractivity contribution in [2.24, 2.45) is 5.92 Å². The van der Waals surface area contributed by atoms with Gasteiger partial charge in [-0.25, -0.2) is 4.79 Å². The number of rotatable bonds is 6. The fourth-order valence-electron chi connectivity index (χ4n) is 3.55. The number of carbonyl (C=O) groups excluding carboxylic acids is 1. The van der Waals surface area contributed by atoms with Crippen molar-refractivity contribution in [3.8, 4) is 0 Å². The summed E-state index contributed by atoms with van der Waals surface area (Å²) in [5, 5.41) is 3.09. The first-order chi connectivity index (χ1) is 9.33. The number of ether oxygens (including phenoxy) is 1. The van der Waals surface area contributed by atoms with E-state index in [1.807, 2.05) is 0 Å². The van der Waals surface area contributed by atoms with Crippen molar-refractivity contribution in [1.29, 1.82) is 0 Å². The van der Waals surface area contributed by atoms with Crippen molar-refractivity contribution in [1.82, 2.24) is 10.2 Å². The van der Waals surface area contributed by atoms with Crippen molar-refractivity contribution in [2.45, 2.75) is 57.4 Å². The molecule has 1 aliphatic carbocycles. The number of hydrogen-bond acceptors (Lipinski definition) is 2. The number of nitrogens with one attached hydrogen (secondary N) is 1. The molecule has 1 N–H and O–H groups in total. The molecule has 1 saturated heterocycles. The van der Waals surface area contributed by atoms with Gasteiger partial charge in [-0.05, 0) is 50.9 Å². The Hall–Kier alpha value is -0.770. The number of hydrogen-bond donors (Lipinski definition) is 1. The smallest absolute Gasteiger partial charge is 0.317 e. The Morgan fingerprint density at radius 3 is 2.89 bits per heavy atom. The van der Waals surface area contributed by atoms with E-state index in [1.165, 1.54) is 32.1 Å². The molecule has 0 aromatic rings. The predicted octanol–water partition coefficient (Wildman–Crippen LogP) is 2.78. The van der Waals surface area contributed by atoms with Crippen LogP contribution in [0.5, 0.6) is 0 Å². The normalized spacial score (nSPS) is 26.3. The van der Waals surface area contributed by atoms with E-state index in [0.29, 0.717) is 6.04 Å². The van der Waals surface area contributed by atoms with Crippen LogP contribution in [0, 0.1) is 5.92 Å². The van der Waals surface area contributed by atoms with Crippen LogP contribution in [0.4, 0.5) is 4.79 Å². The molecule has 2 fully saturated rings. The molecule has 19 heavy (non-hydrogen) atoms. The first kappa shape index (κ1) is 14.6. The Labute approximate surface area is 116 Å². The maximum Gasteiger partial charge on any atom is 0.317 e. The Bertz CT molecular complexity index is 283. The molecule has 2 amide bonds. The first-order valence-electron chi connectivity index (χ1n) is 7.86. The Morgan fingerprint density at radius 1 is 1.21 bits per heavy atom. The standard InChI is InChI=1S/C15H28N2O2/c1-19-12-4-2-3-10-16-15(18)17-11-6-8-13-7-5-9-14(13)17/h13-14H,2-12H2,1H3,(H,16,18). The van der Waals surface area contributed by atoms with Crippen molar-refractivity contribution < 1.29 is 9.53 Å². The van der Waals surface area contributed by atoms with E-state index in [9.17, 15) is 4.79 Å². The van der Waals surface area contributed by atoms with E-state index >= 15 is 0 Å². The van der Waals surface area contributed by atoms with Gasteiger partial charge in [0, 0.05) is 32.8 Å². The molecular weight excluding hydrogens is 240 g/mol. The second kappa shape index (κ2) is 7.73. The van der Waals surface area contributed by atoms with Crippen LogP contribution in [-0.2, 0) is 4.74 Å². The molecule has 4 nitrogen and oxygen atoms in total. The molecular formula is C15H28N2O2. The minimum absolute atomic E-state index is 0.170. The van der Waals surface area contributed by atoms with Gasteiger partial charge in [0.15, 0.2) is 0 Å². The molecule has 2 atom stereocenters. The zero-order valence-corrected chi connectivity index (χ0v) is 12.2. The summed E-state index contributed by atoms with van der Waals surface area (Å²) in [6, 6.07) is 0.700. The van der Waals surface area contributed by atoms with Gasteiger partial charge < -0.3 is 15.0 Å². The zero-order valence-electron chi connectivity index (χ0n) is 12.2. The van der Waals surface area contributed by atoms with Gasteiger partial charge in [0.1, 0.15) is 0 Å². The van der Waals surface area contributed by atoms with Crippen LogP contribution < -0.4 is 5.32 Å². The molecule has 0 bridgehead atoms. The maximum absolute atomic E-state index is 12.2. The van der Waals surface area contributed by atoms with Crippen LogP contribution in [0.3, 0.4) is 0 Å². The number of methoxy groups -OCH3 is 1. The van der Waals surface area contributed by atoms with Gasteiger partial charge in [-0.15, -0.1) is 0 Å². The fourth-order valence-corrected chi connectivity index (χ4v) is 3.55. The first-order valence-corrected chi connectivity index (χ1v) is 7.86. The summed E-state index contributed by atoms with van der Waals surface area (Å²) in [5.41, 5.74) is 0. The van der Waals surface area contributed by atoms with E-state index in [4.69, 9.17) is 4.74 Å². The van der Waals surface area contributed by atoms with Crippen molar-refractivity contribution >= 4 is 6.03 Å². The second-order valence-corrected chi connectivity index (χ2v) is 5.88. The summed E-state index contributed by atoms with van der Waals surface area (Å²) in [4.78, 5) is 14.3. The molecule has 110 valence electrons. The molecule has 2 rings (SSSR count). The molecule has 0 aromatic carbocycles. The maximum atomic E-state index is 12.2. The average Bonchev–Trinajstić information content (AvgIpc) is 2.90. The highest BCUT2D eigenvalue weighted by molar-refractivity contribution is 5.74. The van der Waals surface area contributed by atoms with E-state index in [1.54, 1.807) is 7.11 Å². The summed E-state index contributed by atoms with van der Waals surface area (Å²) in [5.74, 6) is 0.779. The Morgan fingerprint density at radius 2 is 2.05 bits per heavy atom. The summed E-state index contributed by atoms with van der Waals surface area (Å²) < 4.78 is 5.02. The molecule has 1 aliphatic heterocycles. The lowest BCUT2D eigenvalue weighted by atomic mass is 9.92. The number of piperidine rings is 1. The number of carbonyl (C=O) groups is 1. The molecule has 0 aromatic heterocycles. The number of urea groups is 1. The Kier molecular flexibility index (Phi) is 5.95. The number of unbranched alkanes of at least 4 members (excludes halogenated alkanes) is 2. The van der Waals surface area contributed by atoms with Crippen LogP contribution in [0.1, 0.15) is 51.4 Å². The number of likely N-dealkylation sites (tertiary alicyclic amines) is 1. The van der Waals surface area contributed by atoms with Gasteiger partial charge in [0.25, 0.3) is 0 Å². The summed E-state index contributed by atoms with van der Waals surface area (Å²) >= 11 is 0. The van der Waals surface area contributed by atoms with Crippen LogP contribution in [0.15, 0.2) is 0 Å². The van der Waals surface area contributed by atoms with Crippen LogP contribution in [-0.4, -0.2) is 43.8 Å². The van der Waals surface area contributed by atoms with Crippen LogP contribution in [0.25, 0.3) is 0 Å². The highest BCUT2D eigenvalue weighted by atomic mass is 16.5. The van der Waals surface area contributed by atoms with Crippen molar-refractivity contribution in [2.75, 3.05) is 26.8 Å². The lowest BCUT2D eigenvalue weighted by Gasteiger charge is -2.37. The van der Waals surface area contributed by atoms with E-state index in [-0.39, 0.29) is 6.03 Å². The van der Waals surface area contributed by atoms with Gasteiger partial charge in [-0.1, -0.05) is 6.42 Å². The summed E-state index contributed by atoms with van der Waals surface area (Å²) in [6.07, 6.45) is 9.61. The van der Waals surface area contributed by atoms with Gasteiger partial charge in [0.2, 0.25) is 0 Å². The van der Waals surface area contributed by atoms with Crippen LogP contribution in [0.2, 0.25) is 0 Å². The second-order valence-electron chi connectivity index (χ2n) is 5.88. The molecule has 2 unspecified atom stereocenters. The van der Waals surface area contributed by atoms with Crippen LogP contribution >= 0.6 is 0 Å². The summed E-state index contributed by atoms with van der Waals surface area (Å²) in [6.45, 7) is 2.58. The fraction of sp³-hybridized carbons (Fsp3) is 0.933. The van der Waals surface area contributed by atoms with Gasteiger partial charge in [-0.2, -0.15) is 0 Å². The van der Waals surface area contributed by atoms with Crippen molar-refractivity contribution in [3.05, 3.63) is 0 Å². The third-order valence-electron chi connectivity index (χ3n) is 4.56.